The molecule has 2 heterocycles. The zero-order chi connectivity index (χ0) is 14.3. The normalized spacial score (nSPS) is 24.7. The predicted molar refractivity (Wildman–Crippen MR) is 72.7 cm³/mol. The van der Waals surface area contributed by atoms with Gasteiger partial charge in [-0.3, -0.25) is 4.90 Å². The predicted octanol–water partition coefficient (Wildman–Crippen LogP) is 1.74. The van der Waals surface area contributed by atoms with Crippen LogP contribution in [0.1, 0.15) is 33.6 Å². The molecule has 0 N–H and O–H groups in total. The Kier molecular flexibility index (Phi) is 3.41. The highest BCUT2D eigenvalue weighted by molar-refractivity contribution is 7.91. The number of carbonyl (C=O) groups is 1. The maximum atomic E-state index is 12.2. The molecular formula is C13H21NO4S. The van der Waals surface area contributed by atoms with Crippen molar-refractivity contribution in [1.82, 2.24) is 4.90 Å². The van der Waals surface area contributed by atoms with Crippen LogP contribution in [-0.4, -0.2) is 48.6 Å². The van der Waals surface area contributed by atoms with Crippen molar-refractivity contribution >= 4 is 15.9 Å². The van der Waals surface area contributed by atoms with E-state index in [-0.39, 0.29) is 17.6 Å². The fraction of sp³-hybridized carbons (Fsp3) is 0.769. The van der Waals surface area contributed by atoms with E-state index in [4.69, 9.17) is 4.74 Å². The molecule has 19 heavy (non-hydrogen) atoms. The number of carbonyl (C=O) groups excluding carboxylic acids is 1. The van der Waals surface area contributed by atoms with Gasteiger partial charge in [-0.25, -0.2) is 13.2 Å². The molecule has 1 spiro atoms. The van der Waals surface area contributed by atoms with Gasteiger partial charge >= 0.3 is 6.09 Å². The van der Waals surface area contributed by atoms with Crippen LogP contribution in [0, 0.1) is 0 Å². The minimum absolute atomic E-state index is 0.136. The zero-order valence-electron chi connectivity index (χ0n) is 11.7. The summed E-state index contributed by atoms with van der Waals surface area (Å²) in [6.07, 6.45) is 4.45. The van der Waals surface area contributed by atoms with Gasteiger partial charge in [0.2, 0.25) is 0 Å². The molecule has 0 aromatic heterocycles. The lowest BCUT2D eigenvalue weighted by Crippen LogP contribution is -2.53. The maximum Gasteiger partial charge on any atom is 0.411 e. The SMILES string of the molecule is CC(C)(C)OC(=O)N1CC=CC12CCS(=O)(=O)CC2. The molecule has 5 nitrogen and oxygen atoms in total. The molecule has 0 saturated carbocycles. The number of nitrogens with zero attached hydrogens (tertiary/aromatic N) is 1. The summed E-state index contributed by atoms with van der Waals surface area (Å²) < 4.78 is 28.5. The first kappa shape index (κ1) is 14.4. The molecule has 6 heteroatoms. The van der Waals surface area contributed by atoms with E-state index in [1.807, 2.05) is 32.9 Å². The molecule has 0 atom stereocenters. The average Bonchev–Trinajstić information content (AvgIpc) is 2.65. The maximum absolute atomic E-state index is 12.2. The second-order valence-electron chi connectivity index (χ2n) is 6.25. The molecule has 0 radical (unpaired) electrons. The standard InChI is InChI=1S/C13H21NO4S/c1-12(2,3)18-11(15)14-8-4-5-13(14)6-9-19(16,17)10-7-13/h4-5H,6-10H2,1-3H3. The minimum atomic E-state index is -2.94. The molecule has 0 aromatic carbocycles. The molecule has 2 rings (SSSR count). The van der Waals surface area contributed by atoms with Crippen LogP contribution in [0.3, 0.4) is 0 Å². The van der Waals surface area contributed by atoms with Gasteiger partial charge in [-0.05, 0) is 33.6 Å². The zero-order valence-corrected chi connectivity index (χ0v) is 12.5. The van der Waals surface area contributed by atoms with Crippen LogP contribution in [0.15, 0.2) is 12.2 Å². The smallest absolute Gasteiger partial charge is 0.411 e. The molecule has 1 amide bonds. The molecule has 108 valence electrons. The molecule has 2 aliphatic heterocycles. The van der Waals surface area contributed by atoms with Crippen molar-refractivity contribution in [1.29, 1.82) is 0 Å². The highest BCUT2D eigenvalue weighted by Crippen LogP contribution is 2.35. The average molecular weight is 287 g/mol. The number of sulfone groups is 1. The Labute approximate surface area is 114 Å². The van der Waals surface area contributed by atoms with Gasteiger partial charge in [0.1, 0.15) is 5.60 Å². The van der Waals surface area contributed by atoms with Gasteiger partial charge in [0.05, 0.1) is 17.0 Å². The van der Waals surface area contributed by atoms with Crippen molar-refractivity contribution in [2.45, 2.75) is 44.8 Å². The lowest BCUT2D eigenvalue weighted by atomic mass is 9.92. The van der Waals surface area contributed by atoms with Gasteiger partial charge in [0, 0.05) is 6.54 Å². The highest BCUT2D eigenvalue weighted by atomic mass is 32.2. The summed E-state index contributed by atoms with van der Waals surface area (Å²) in [5, 5.41) is 0. The van der Waals surface area contributed by atoms with Crippen molar-refractivity contribution in [2.24, 2.45) is 0 Å². The molecule has 0 bridgehead atoms. The summed E-state index contributed by atoms with van der Waals surface area (Å²) in [6.45, 7) is 5.97. The van der Waals surface area contributed by atoms with Crippen LogP contribution >= 0.6 is 0 Å². The minimum Gasteiger partial charge on any atom is -0.444 e. The molecule has 1 saturated heterocycles. The lowest BCUT2D eigenvalue weighted by molar-refractivity contribution is 0.0102. The van der Waals surface area contributed by atoms with Crippen molar-refractivity contribution in [2.75, 3.05) is 18.1 Å². The summed E-state index contributed by atoms with van der Waals surface area (Å²) >= 11 is 0. The fourth-order valence-electron chi connectivity index (χ4n) is 2.55. The number of ether oxygens (including phenoxy) is 1. The lowest BCUT2D eigenvalue weighted by Gasteiger charge is -2.41. The third-order valence-electron chi connectivity index (χ3n) is 3.56. The van der Waals surface area contributed by atoms with Crippen LogP contribution in [-0.2, 0) is 14.6 Å². The van der Waals surface area contributed by atoms with Crippen LogP contribution in [0.5, 0.6) is 0 Å². The molecule has 2 aliphatic rings. The summed E-state index contributed by atoms with van der Waals surface area (Å²) in [6, 6.07) is 0. The van der Waals surface area contributed by atoms with Gasteiger partial charge in [-0.1, -0.05) is 12.2 Å². The van der Waals surface area contributed by atoms with Gasteiger partial charge in [0.15, 0.2) is 9.84 Å². The third-order valence-corrected chi connectivity index (χ3v) is 5.21. The van der Waals surface area contributed by atoms with Gasteiger partial charge < -0.3 is 4.74 Å². The van der Waals surface area contributed by atoms with E-state index >= 15 is 0 Å². The van der Waals surface area contributed by atoms with Gasteiger partial charge in [-0.15, -0.1) is 0 Å². The van der Waals surface area contributed by atoms with Crippen LogP contribution in [0.2, 0.25) is 0 Å². The Morgan fingerprint density at radius 3 is 2.37 bits per heavy atom. The quantitative estimate of drug-likeness (QED) is 0.637. The van der Waals surface area contributed by atoms with Crippen LogP contribution in [0.4, 0.5) is 4.79 Å². The van der Waals surface area contributed by atoms with Crippen molar-refractivity contribution < 1.29 is 17.9 Å². The third kappa shape index (κ3) is 3.11. The number of amides is 1. The largest absolute Gasteiger partial charge is 0.444 e. The summed E-state index contributed by atoms with van der Waals surface area (Å²) in [7, 11) is -2.94. The van der Waals surface area contributed by atoms with E-state index < -0.39 is 21.0 Å². The second kappa shape index (κ2) is 4.51. The Balaban J connectivity index is 2.13. The Hall–Kier alpha value is -1.04. The Morgan fingerprint density at radius 1 is 1.26 bits per heavy atom. The van der Waals surface area contributed by atoms with E-state index in [1.165, 1.54) is 0 Å². The van der Waals surface area contributed by atoms with E-state index in [1.54, 1.807) is 4.90 Å². The fourth-order valence-corrected chi connectivity index (χ4v) is 4.08. The summed E-state index contributed by atoms with van der Waals surface area (Å²) in [4.78, 5) is 13.9. The number of hydrogen-bond donors (Lipinski definition) is 0. The highest BCUT2D eigenvalue weighted by Gasteiger charge is 2.45. The van der Waals surface area contributed by atoms with Gasteiger partial charge in [-0.2, -0.15) is 0 Å². The van der Waals surface area contributed by atoms with E-state index in [2.05, 4.69) is 0 Å². The Morgan fingerprint density at radius 2 is 1.84 bits per heavy atom. The number of rotatable bonds is 0. The first-order valence-corrected chi connectivity index (χ1v) is 8.35. The van der Waals surface area contributed by atoms with Crippen LogP contribution in [0.25, 0.3) is 0 Å². The summed E-state index contributed by atoms with van der Waals surface area (Å²) in [5.74, 6) is 0.271. The Bertz CT molecular complexity index is 487. The van der Waals surface area contributed by atoms with E-state index in [0.717, 1.165) is 0 Å². The molecule has 0 aromatic rings. The first-order chi connectivity index (χ1) is 8.64. The van der Waals surface area contributed by atoms with Crippen molar-refractivity contribution in [3.8, 4) is 0 Å². The molecular weight excluding hydrogens is 266 g/mol. The summed E-state index contributed by atoms with van der Waals surface area (Å²) in [5.41, 5.74) is -1.00. The van der Waals surface area contributed by atoms with Crippen molar-refractivity contribution in [3.05, 3.63) is 12.2 Å². The second-order valence-corrected chi connectivity index (χ2v) is 8.55. The topological polar surface area (TPSA) is 63.7 Å². The monoisotopic (exact) mass is 287 g/mol. The van der Waals surface area contributed by atoms with E-state index in [0.29, 0.717) is 19.4 Å². The first-order valence-electron chi connectivity index (χ1n) is 6.52. The van der Waals surface area contributed by atoms with Crippen molar-refractivity contribution in [3.63, 3.8) is 0 Å². The number of hydrogen-bond acceptors (Lipinski definition) is 4. The molecule has 0 unspecified atom stereocenters. The van der Waals surface area contributed by atoms with Crippen LogP contribution < -0.4 is 0 Å². The van der Waals surface area contributed by atoms with Gasteiger partial charge in [0.25, 0.3) is 0 Å². The molecule has 1 fully saturated rings. The molecule has 0 aliphatic carbocycles. The van der Waals surface area contributed by atoms with E-state index in [9.17, 15) is 13.2 Å².